The van der Waals surface area contributed by atoms with Crippen molar-refractivity contribution in [3.05, 3.63) is 59.5 Å². The molecule has 0 aliphatic heterocycles. The molecule has 2 aromatic heterocycles. The standard InChI is InChI=1S/C14H11ClN2O2/c15-13-2-1-3-14-16-8-10(17(13)14)9-19-12-6-4-11(18)5-7-12/h1-8,18H,9H2. The number of fused-ring (bicyclic) bond motifs is 1. The molecule has 5 heteroatoms. The molecule has 0 saturated carbocycles. The van der Waals surface area contributed by atoms with Gasteiger partial charge in [-0.05, 0) is 36.4 Å². The number of benzene rings is 1. The first kappa shape index (κ1) is 11.9. The average molecular weight is 275 g/mol. The van der Waals surface area contributed by atoms with Crippen LogP contribution in [0.1, 0.15) is 5.69 Å². The highest BCUT2D eigenvalue weighted by Gasteiger charge is 2.06. The second kappa shape index (κ2) is 4.82. The zero-order valence-corrected chi connectivity index (χ0v) is 10.7. The summed E-state index contributed by atoms with van der Waals surface area (Å²) in [5, 5.41) is 9.80. The number of rotatable bonds is 3. The van der Waals surface area contributed by atoms with Crippen molar-refractivity contribution in [3.8, 4) is 11.5 Å². The molecule has 19 heavy (non-hydrogen) atoms. The number of hydrogen-bond donors (Lipinski definition) is 1. The smallest absolute Gasteiger partial charge is 0.138 e. The van der Waals surface area contributed by atoms with Crippen molar-refractivity contribution in [1.29, 1.82) is 0 Å². The Bertz CT molecular complexity index is 707. The van der Waals surface area contributed by atoms with Gasteiger partial charge >= 0.3 is 0 Å². The van der Waals surface area contributed by atoms with Crippen LogP contribution in [0.4, 0.5) is 0 Å². The van der Waals surface area contributed by atoms with Gasteiger partial charge in [-0.2, -0.15) is 0 Å². The van der Waals surface area contributed by atoms with Crippen molar-refractivity contribution >= 4 is 17.2 Å². The van der Waals surface area contributed by atoms with Gasteiger partial charge in [-0.3, -0.25) is 4.40 Å². The van der Waals surface area contributed by atoms with Crippen LogP contribution < -0.4 is 4.74 Å². The highest BCUT2D eigenvalue weighted by Crippen LogP contribution is 2.19. The van der Waals surface area contributed by atoms with E-state index >= 15 is 0 Å². The molecular formula is C14H11ClN2O2. The number of imidazole rings is 1. The van der Waals surface area contributed by atoms with Crippen molar-refractivity contribution in [1.82, 2.24) is 9.38 Å². The molecule has 3 aromatic rings. The Morgan fingerprint density at radius 3 is 2.74 bits per heavy atom. The zero-order valence-electron chi connectivity index (χ0n) is 9.95. The van der Waals surface area contributed by atoms with Crippen LogP contribution in [0.2, 0.25) is 5.15 Å². The molecule has 0 spiro atoms. The molecule has 1 N–H and O–H groups in total. The minimum Gasteiger partial charge on any atom is -0.508 e. The summed E-state index contributed by atoms with van der Waals surface area (Å²) in [4.78, 5) is 4.26. The SMILES string of the molecule is Oc1ccc(OCc2cnc3cccc(Cl)n23)cc1. The quantitative estimate of drug-likeness (QED) is 0.746. The maximum absolute atomic E-state index is 9.20. The third-order valence-electron chi connectivity index (χ3n) is 2.78. The van der Waals surface area contributed by atoms with E-state index in [1.807, 2.05) is 16.5 Å². The van der Waals surface area contributed by atoms with Gasteiger partial charge in [-0.25, -0.2) is 4.98 Å². The second-order valence-electron chi connectivity index (χ2n) is 4.07. The number of aromatic nitrogens is 2. The first-order chi connectivity index (χ1) is 9.24. The summed E-state index contributed by atoms with van der Waals surface area (Å²) < 4.78 is 7.47. The Labute approximate surface area is 114 Å². The highest BCUT2D eigenvalue weighted by molar-refractivity contribution is 6.29. The molecule has 0 aliphatic rings. The lowest BCUT2D eigenvalue weighted by atomic mass is 10.3. The van der Waals surface area contributed by atoms with Gasteiger partial charge in [0, 0.05) is 0 Å². The number of hydrogen-bond acceptors (Lipinski definition) is 3. The Morgan fingerprint density at radius 1 is 1.16 bits per heavy atom. The van der Waals surface area contributed by atoms with Gasteiger partial charge in [0.1, 0.15) is 28.9 Å². The van der Waals surface area contributed by atoms with Gasteiger partial charge in [-0.1, -0.05) is 17.7 Å². The fourth-order valence-corrected chi connectivity index (χ4v) is 2.12. The van der Waals surface area contributed by atoms with Crippen LogP contribution in [0, 0.1) is 0 Å². The minimum atomic E-state index is 0.213. The first-order valence-corrected chi connectivity index (χ1v) is 6.14. The summed E-state index contributed by atoms with van der Waals surface area (Å²) in [7, 11) is 0. The number of phenolic OH excluding ortho intramolecular Hbond substituents is 1. The van der Waals surface area contributed by atoms with Crippen LogP contribution in [0.15, 0.2) is 48.7 Å². The van der Waals surface area contributed by atoms with Crippen LogP contribution in [0.5, 0.6) is 11.5 Å². The van der Waals surface area contributed by atoms with E-state index < -0.39 is 0 Å². The molecule has 0 aliphatic carbocycles. The lowest BCUT2D eigenvalue weighted by Gasteiger charge is -2.07. The Hall–Kier alpha value is -2.20. The van der Waals surface area contributed by atoms with E-state index in [9.17, 15) is 5.11 Å². The fraction of sp³-hybridized carbons (Fsp3) is 0.0714. The molecule has 3 rings (SSSR count). The number of ether oxygens (including phenoxy) is 1. The van der Waals surface area contributed by atoms with Gasteiger partial charge in [0.25, 0.3) is 0 Å². The Kier molecular flexibility index (Phi) is 3.01. The third kappa shape index (κ3) is 2.35. The van der Waals surface area contributed by atoms with Crippen LogP contribution in [0.3, 0.4) is 0 Å². The maximum Gasteiger partial charge on any atom is 0.138 e. The molecule has 0 unspecified atom stereocenters. The monoisotopic (exact) mass is 274 g/mol. The topological polar surface area (TPSA) is 46.8 Å². The number of nitrogens with zero attached hydrogens (tertiary/aromatic N) is 2. The summed E-state index contributed by atoms with van der Waals surface area (Å²) in [6, 6.07) is 12.1. The normalized spacial score (nSPS) is 10.8. The summed E-state index contributed by atoms with van der Waals surface area (Å²) >= 11 is 6.14. The van der Waals surface area contributed by atoms with E-state index in [1.54, 1.807) is 36.5 Å². The lowest BCUT2D eigenvalue weighted by Crippen LogP contribution is -2.00. The van der Waals surface area contributed by atoms with Gasteiger partial charge in [-0.15, -0.1) is 0 Å². The molecule has 0 fully saturated rings. The fourth-order valence-electron chi connectivity index (χ4n) is 1.86. The van der Waals surface area contributed by atoms with E-state index in [2.05, 4.69) is 4.98 Å². The third-order valence-corrected chi connectivity index (χ3v) is 3.07. The Balaban J connectivity index is 1.84. The van der Waals surface area contributed by atoms with Crippen LogP contribution in [-0.2, 0) is 6.61 Å². The van der Waals surface area contributed by atoms with Crippen LogP contribution >= 0.6 is 11.6 Å². The Morgan fingerprint density at radius 2 is 1.95 bits per heavy atom. The maximum atomic E-state index is 9.20. The predicted octanol–water partition coefficient (Wildman–Crippen LogP) is 3.27. The van der Waals surface area contributed by atoms with Gasteiger partial charge in [0.05, 0.1) is 11.9 Å². The summed E-state index contributed by atoms with van der Waals surface area (Å²) in [5.41, 5.74) is 1.66. The molecule has 0 bridgehead atoms. The molecule has 0 radical (unpaired) electrons. The van der Waals surface area contributed by atoms with E-state index in [-0.39, 0.29) is 5.75 Å². The molecule has 2 heterocycles. The number of pyridine rings is 1. The number of aromatic hydroxyl groups is 1. The van der Waals surface area contributed by atoms with Gasteiger partial charge < -0.3 is 9.84 Å². The molecule has 1 aromatic carbocycles. The predicted molar refractivity (Wildman–Crippen MR) is 72.6 cm³/mol. The molecular weight excluding hydrogens is 264 g/mol. The molecule has 0 atom stereocenters. The molecule has 4 nitrogen and oxygen atoms in total. The van der Waals surface area contributed by atoms with Crippen LogP contribution in [-0.4, -0.2) is 14.5 Å². The highest BCUT2D eigenvalue weighted by atomic mass is 35.5. The van der Waals surface area contributed by atoms with Gasteiger partial charge in [0.2, 0.25) is 0 Å². The van der Waals surface area contributed by atoms with Crippen molar-refractivity contribution in [2.24, 2.45) is 0 Å². The summed E-state index contributed by atoms with van der Waals surface area (Å²) in [5.74, 6) is 0.894. The largest absolute Gasteiger partial charge is 0.508 e. The first-order valence-electron chi connectivity index (χ1n) is 5.77. The summed E-state index contributed by atoms with van der Waals surface area (Å²) in [6.07, 6.45) is 1.74. The van der Waals surface area contributed by atoms with E-state index in [0.29, 0.717) is 17.5 Å². The molecule has 0 saturated heterocycles. The lowest BCUT2D eigenvalue weighted by molar-refractivity contribution is 0.300. The van der Waals surface area contributed by atoms with Crippen molar-refractivity contribution in [3.63, 3.8) is 0 Å². The van der Waals surface area contributed by atoms with Crippen molar-refractivity contribution in [2.45, 2.75) is 6.61 Å². The minimum absolute atomic E-state index is 0.213. The second-order valence-corrected chi connectivity index (χ2v) is 4.46. The molecule has 96 valence electrons. The zero-order chi connectivity index (χ0) is 13.2. The summed E-state index contributed by atoms with van der Waals surface area (Å²) in [6.45, 7) is 0.357. The van der Waals surface area contributed by atoms with E-state index in [4.69, 9.17) is 16.3 Å². The van der Waals surface area contributed by atoms with Crippen molar-refractivity contribution in [2.75, 3.05) is 0 Å². The van der Waals surface area contributed by atoms with E-state index in [0.717, 1.165) is 11.3 Å². The van der Waals surface area contributed by atoms with E-state index in [1.165, 1.54) is 0 Å². The average Bonchev–Trinajstić information content (AvgIpc) is 2.83. The number of halogens is 1. The van der Waals surface area contributed by atoms with Crippen LogP contribution in [0.25, 0.3) is 5.65 Å². The van der Waals surface area contributed by atoms with Crippen molar-refractivity contribution < 1.29 is 9.84 Å². The number of phenols is 1. The van der Waals surface area contributed by atoms with Gasteiger partial charge in [0.15, 0.2) is 0 Å². The molecule has 0 amide bonds.